The average Bonchev–Trinajstić information content (AvgIpc) is 2.61. The zero-order valence-corrected chi connectivity index (χ0v) is 15.6. The molecule has 6 heteroatoms. The number of hydrogen-bond donors (Lipinski definition) is 2. The van der Waals surface area contributed by atoms with Crippen molar-refractivity contribution in [1.82, 2.24) is 0 Å². The number of carbonyl (C=O) groups is 1. The summed E-state index contributed by atoms with van der Waals surface area (Å²) in [5.74, 6) is -0.251. The molecule has 0 aliphatic rings. The van der Waals surface area contributed by atoms with Crippen LogP contribution in [0, 0.1) is 0 Å². The molecule has 0 saturated carbocycles. The van der Waals surface area contributed by atoms with E-state index >= 15 is 0 Å². The summed E-state index contributed by atoms with van der Waals surface area (Å²) in [6.07, 6.45) is 7.67. The van der Waals surface area contributed by atoms with Crippen LogP contribution >= 0.6 is 0 Å². The van der Waals surface area contributed by atoms with Gasteiger partial charge in [-0.15, -0.1) is 0 Å². The molecule has 0 aliphatic heterocycles. The number of aryl methyl sites for hydroxylation is 1. The molecular formula is C20H24N2O3S. The second-order valence-corrected chi connectivity index (χ2v) is 7.65. The minimum Gasteiger partial charge on any atom is -0.323 e. The number of anilines is 1. The SMILES string of the molecule is CCCCCc1ccc(NC(=O)/C=C/c2ccc(S(N)(=O)=O)cc2)cc1. The Morgan fingerprint density at radius 3 is 2.27 bits per heavy atom. The van der Waals surface area contributed by atoms with Crippen LogP contribution in [0.4, 0.5) is 5.69 Å². The fraction of sp³-hybridized carbons (Fsp3) is 0.250. The average molecular weight is 372 g/mol. The molecule has 2 aromatic carbocycles. The Bertz CT molecular complexity index is 855. The van der Waals surface area contributed by atoms with Crippen LogP contribution in [0.5, 0.6) is 0 Å². The number of benzene rings is 2. The van der Waals surface area contributed by atoms with E-state index in [4.69, 9.17) is 5.14 Å². The van der Waals surface area contributed by atoms with Crippen molar-refractivity contribution >= 4 is 27.7 Å². The highest BCUT2D eigenvalue weighted by molar-refractivity contribution is 7.89. The van der Waals surface area contributed by atoms with E-state index in [1.807, 2.05) is 24.3 Å². The van der Waals surface area contributed by atoms with Crippen LogP contribution in [-0.4, -0.2) is 14.3 Å². The van der Waals surface area contributed by atoms with Crippen molar-refractivity contribution in [3.8, 4) is 0 Å². The summed E-state index contributed by atoms with van der Waals surface area (Å²) < 4.78 is 22.4. The number of unbranched alkanes of at least 4 members (excludes halogenated alkanes) is 2. The van der Waals surface area contributed by atoms with Gasteiger partial charge in [-0.05, 0) is 54.3 Å². The molecule has 0 heterocycles. The molecule has 0 aliphatic carbocycles. The smallest absolute Gasteiger partial charge is 0.248 e. The number of carbonyl (C=O) groups excluding carboxylic acids is 1. The van der Waals surface area contributed by atoms with E-state index in [9.17, 15) is 13.2 Å². The van der Waals surface area contributed by atoms with Gasteiger partial charge in [-0.1, -0.05) is 44.0 Å². The molecule has 2 rings (SSSR count). The van der Waals surface area contributed by atoms with Crippen molar-refractivity contribution in [2.24, 2.45) is 5.14 Å². The number of rotatable bonds is 8. The van der Waals surface area contributed by atoms with Gasteiger partial charge < -0.3 is 5.32 Å². The first-order chi connectivity index (χ1) is 12.4. The molecule has 0 spiro atoms. The predicted molar refractivity (Wildman–Crippen MR) is 105 cm³/mol. The van der Waals surface area contributed by atoms with Crippen molar-refractivity contribution in [2.75, 3.05) is 5.32 Å². The summed E-state index contributed by atoms with van der Waals surface area (Å²) in [5.41, 5.74) is 2.71. The summed E-state index contributed by atoms with van der Waals surface area (Å²) >= 11 is 0. The number of nitrogens with two attached hydrogens (primary N) is 1. The van der Waals surface area contributed by atoms with Crippen molar-refractivity contribution in [1.29, 1.82) is 0 Å². The fourth-order valence-electron chi connectivity index (χ4n) is 2.46. The lowest BCUT2D eigenvalue weighted by Gasteiger charge is -2.05. The van der Waals surface area contributed by atoms with Crippen LogP contribution in [0.3, 0.4) is 0 Å². The van der Waals surface area contributed by atoms with Gasteiger partial charge in [0.25, 0.3) is 0 Å². The Kier molecular flexibility index (Phi) is 7.12. The molecule has 0 bridgehead atoms. The third kappa shape index (κ3) is 6.46. The zero-order valence-electron chi connectivity index (χ0n) is 14.8. The molecule has 0 saturated heterocycles. The van der Waals surface area contributed by atoms with Gasteiger partial charge in [0.05, 0.1) is 4.90 Å². The lowest BCUT2D eigenvalue weighted by Crippen LogP contribution is -2.11. The van der Waals surface area contributed by atoms with Gasteiger partial charge in [0.15, 0.2) is 0 Å². The van der Waals surface area contributed by atoms with E-state index in [-0.39, 0.29) is 10.8 Å². The Morgan fingerprint density at radius 1 is 1.04 bits per heavy atom. The molecule has 0 aromatic heterocycles. The molecule has 26 heavy (non-hydrogen) atoms. The van der Waals surface area contributed by atoms with Crippen LogP contribution in [0.15, 0.2) is 59.5 Å². The lowest BCUT2D eigenvalue weighted by atomic mass is 10.1. The van der Waals surface area contributed by atoms with Crippen LogP contribution in [0.2, 0.25) is 0 Å². The predicted octanol–water partition coefficient (Wildman–Crippen LogP) is 3.72. The maximum atomic E-state index is 12.0. The normalized spacial score (nSPS) is 11.6. The Morgan fingerprint density at radius 2 is 1.69 bits per heavy atom. The Hall–Kier alpha value is -2.44. The topological polar surface area (TPSA) is 89.3 Å². The summed E-state index contributed by atoms with van der Waals surface area (Å²) in [5, 5.41) is 7.85. The largest absolute Gasteiger partial charge is 0.323 e. The van der Waals surface area contributed by atoms with Gasteiger partial charge in [0.2, 0.25) is 15.9 Å². The molecule has 2 aromatic rings. The van der Waals surface area contributed by atoms with E-state index in [1.54, 1.807) is 18.2 Å². The quantitative estimate of drug-likeness (QED) is 0.547. The first-order valence-electron chi connectivity index (χ1n) is 8.59. The van der Waals surface area contributed by atoms with Crippen LogP contribution in [0.25, 0.3) is 6.08 Å². The van der Waals surface area contributed by atoms with E-state index in [1.165, 1.54) is 43.0 Å². The van der Waals surface area contributed by atoms with Gasteiger partial charge in [0, 0.05) is 11.8 Å². The van der Waals surface area contributed by atoms with Crippen molar-refractivity contribution in [3.63, 3.8) is 0 Å². The van der Waals surface area contributed by atoms with E-state index in [0.717, 1.165) is 12.1 Å². The Labute approximate surface area is 155 Å². The number of sulfonamides is 1. The summed E-state index contributed by atoms with van der Waals surface area (Å²) in [6, 6.07) is 13.8. The van der Waals surface area contributed by atoms with Gasteiger partial charge in [-0.2, -0.15) is 0 Å². The maximum Gasteiger partial charge on any atom is 0.248 e. The monoisotopic (exact) mass is 372 g/mol. The molecular weight excluding hydrogens is 348 g/mol. The van der Waals surface area contributed by atoms with E-state index in [2.05, 4.69) is 12.2 Å². The minimum atomic E-state index is -3.71. The standard InChI is InChI=1S/C20H24N2O3S/c1-2-3-4-5-16-6-11-18(12-7-16)22-20(23)15-10-17-8-13-19(14-9-17)26(21,24)25/h6-15H,2-5H2,1H3,(H,22,23)(H2,21,24,25)/b15-10+. The van der Waals surface area contributed by atoms with Crippen LogP contribution < -0.4 is 10.5 Å². The first-order valence-corrected chi connectivity index (χ1v) is 10.1. The highest BCUT2D eigenvalue weighted by atomic mass is 32.2. The molecule has 0 unspecified atom stereocenters. The molecule has 5 nitrogen and oxygen atoms in total. The number of nitrogens with one attached hydrogen (secondary N) is 1. The maximum absolute atomic E-state index is 12.0. The second-order valence-electron chi connectivity index (χ2n) is 6.09. The highest BCUT2D eigenvalue weighted by Gasteiger charge is 2.06. The van der Waals surface area contributed by atoms with Gasteiger partial charge in [0.1, 0.15) is 0 Å². The molecule has 1 amide bonds. The van der Waals surface area contributed by atoms with Crippen LogP contribution in [-0.2, 0) is 21.2 Å². The molecule has 138 valence electrons. The number of hydrogen-bond acceptors (Lipinski definition) is 3. The van der Waals surface area contributed by atoms with Gasteiger partial charge >= 0.3 is 0 Å². The molecule has 0 atom stereocenters. The van der Waals surface area contributed by atoms with Gasteiger partial charge in [-0.25, -0.2) is 13.6 Å². The minimum absolute atomic E-state index is 0.0399. The van der Waals surface area contributed by atoms with Gasteiger partial charge in [-0.3, -0.25) is 4.79 Å². The van der Waals surface area contributed by atoms with Crippen molar-refractivity contribution in [2.45, 2.75) is 37.5 Å². The molecule has 0 radical (unpaired) electrons. The molecule has 0 fully saturated rings. The number of amides is 1. The van der Waals surface area contributed by atoms with E-state index in [0.29, 0.717) is 5.56 Å². The van der Waals surface area contributed by atoms with Crippen LogP contribution in [0.1, 0.15) is 37.3 Å². The zero-order chi connectivity index (χ0) is 19.0. The summed E-state index contributed by atoms with van der Waals surface area (Å²) in [7, 11) is -3.71. The summed E-state index contributed by atoms with van der Waals surface area (Å²) in [4.78, 5) is 12.0. The third-order valence-corrected chi connectivity index (χ3v) is 4.86. The first kappa shape index (κ1) is 19.9. The summed E-state index contributed by atoms with van der Waals surface area (Å²) in [6.45, 7) is 2.18. The fourth-order valence-corrected chi connectivity index (χ4v) is 2.97. The second kappa shape index (κ2) is 9.31. The number of primary sulfonamides is 1. The van der Waals surface area contributed by atoms with E-state index < -0.39 is 10.0 Å². The molecule has 3 N–H and O–H groups in total. The highest BCUT2D eigenvalue weighted by Crippen LogP contribution is 2.13. The van der Waals surface area contributed by atoms with Crippen molar-refractivity contribution < 1.29 is 13.2 Å². The lowest BCUT2D eigenvalue weighted by molar-refractivity contribution is -0.111. The Balaban J connectivity index is 1.90. The third-order valence-electron chi connectivity index (χ3n) is 3.93. The van der Waals surface area contributed by atoms with Crippen molar-refractivity contribution in [3.05, 3.63) is 65.7 Å².